The first-order chi connectivity index (χ1) is 16.0. The van der Waals surface area contributed by atoms with Crippen LogP contribution in [0.25, 0.3) is 0 Å². The molecule has 0 aliphatic heterocycles. The van der Waals surface area contributed by atoms with Gasteiger partial charge in [-0.3, -0.25) is 10.1 Å². The van der Waals surface area contributed by atoms with E-state index in [9.17, 15) is 9.90 Å². The van der Waals surface area contributed by atoms with E-state index in [0.29, 0.717) is 36.6 Å². The van der Waals surface area contributed by atoms with Crippen molar-refractivity contribution in [2.24, 2.45) is 0 Å². The zero-order valence-corrected chi connectivity index (χ0v) is 19.3. The van der Waals surface area contributed by atoms with E-state index in [4.69, 9.17) is 14.2 Å². The van der Waals surface area contributed by atoms with Gasteiger partial charge in [0, 0.05) is 6.54 Å². The molecule has 0 bridgehead atoms. The SMILES string of the molecule is COc1ccc(CCNC(OCc2ccccc2)C(O)c2ccccc2)c(C(C)=O)c1OC. The molecular weight excluding hydrogens is 418 g/mol. The number of aliphatic hydroxyl groups is 1. The molecule has 2 unspecified atom stereocenters. The van der Waals surface area contributed by atoms with Crippen LogP contribution in [0.4, 0.5) is 0 Å². The van der Waals surface area contributed by atoms with E-state index in [1.807, 2.05) is 66.7 Å². The maximum atomic E-state index is 12.3. The summed E-state index contributed by atoms with van der Waals surface area (Å²) in [4.78, 5) is 12.3. The highest BCUT2D eigenvalue weighted by Gasteiger charge is 2.23. The minimum atomic E-state index is -0.854. The Kier molecular flexibility index (Phi) is 9.01. The van der Waals surface area contributed by atoms with Gasteiger partial charge in [-0.25, -0.2) is 0 Å². The Morgan fingerprint density at radius 2 is 1.61 bits per heavy atom. The van der Waals surface area contributed by atoms with Crippen LogP contribution in [-0.2, 0) is 17.8 Å². The summed E-state index contributed by atoms with van der Waals surface area (Å²) in [5.74, 6) is 0.855. The second kappa shape index (κ2) is 12.2. The molecule has 6 heteroatoms. The largest absolute Gasteiger partial charge is 0.493 e. The lowest BCUT2D eigenvalue weighted by Gasteiger charge is -2.25. The third kappa shape index (κ3) is 6.42. The standard InChI is InChI=1S/C27H31NO5/c1-19(29)24-21(14-15-23(31-2)26(24)32-3)16-17-28-27(25(30)22-12-8-5-9-13-22)33-18-20-10-6-4-7-11-20/h4-15,25,27-28,30H,16-18H2,1-3H3. The number of carbonyl (C=O) groups is 1. The molecule has 2 atom stereocenters. The van der Waals surface area contributed by atoms with Crippen molar-refractivity contribution in [3.05, 3.63) is 95.1 Å². The Bertz CT molecular complexity index is 1020. The summed E-state index contributed by atoms with van der Waals surface area (Å²) in [7, 11) is 3.07. The van der Waals surface area contributed by atoms with Crippen molar-refractivity contribution >= 4 is 5.78 Å². The van der Waals surface area contributed by atoms with Gasteiger partial charge < -0.3 is 19.3 Å². The lowest BCUT2D eigenvalue weighted by Crippen LogP contribution is -2.38. The van der Waals surface area contributed by atoms with Crippen LogP contribution in [0.2, 0.25) is 0 Å². The Labute approximate surface area is 195 Å². The van der Waals surface area contributed by atoms with E-state index in [-0.39, 0.29) is 5.78 Å². The first-order valence-electron chi connectivity index (χ1n) is 10.9. The van der Waals surface area contributed by atoms with Gasteiger partial charge in [-0.05, 0) is 36.1 Å². The maximum absolute atomic E-state index is 12.3. The van der Waals surface area contributed by atoms with Gasteiger partial charge >= 0.3 is 0 Å². The monoisotopic (exact) mass is 449 g/mol. The Morgan fingerprint density at radius 3 is 2.21 bits per heavy atom. The van der Waals surface area contributed by atoms with Gasteiger partial charge in [-0.1, -0.05) is 66.7 Å². The van der Waals surface area contributed by atoms with Crippen LogP contribution in [0.3, 0.4) is 0 Å². The molecule has 0 aliphatic rings. The second-order valence-electron chi connectivity index (χ2n) is 7.67. The lowest BCUT2D eigenvalue weighted by atomic mass is 9.99. The van der Waals surface area contributed by atoms with Crippen molar-refractivity contribution in [1.29, 1.82) is 0 Å². The number of aliphatic hydroxyl groups excluding tert-OH is 1. The summed E-state index contributed by atoms with van der Waals surface area (Å²) in [6.07, 6.45) is -0.941. The van der Waals surface area contributed by atoms with Crippen LogP contribution in [0.1, 0.15) is 40.1 Å². The number of hydrogen-bond donors (Lipinski definition) is 2. The fourth-order valence-corrected chi connectivity index (χ4v) is 3.76. The van der Waals surface area contributed by atoms with Gasteiger partial charge in [0.05, 0.1) is 26.4 Å². The topological polar surface area (TPSA) is 77.0 Å². The average Bonchev–Trinajstić information content (AvgIpc) is 2.86. The van der Waals surface area contributed by atoms with Crippen molar-refractivity contribution in [3.63, 3.8) is 0 Å². The van der Waals surface area contributed by atoms with Gasteiger partial charge in [0.1, 0.15) is 12.3 Å². The van der Waals surface area contributed by atoms with Gasteiger partial charge in [-0.15, -0.1) is 0 Å². The first-order valence-corrected chi connectivity index (χ1v) is 10.9. The molecule has 0 heterocycles. The van der Waals surface area contributed by atoms with Gasteiger partial charge in [0.2, 0.25) is 0 Å². The summed E-state index contributed by atoms with van der Waals surface area (Å²) in [6.45, 7) is 2.36. The molecule has 0 fully saturated rings. The zero-order valence-electron chi connectivity index (χ0n) is 19.3. The van der Waals surface area contributed by atoms with Crippen molar-refractivity contribution < 1.29 is 24.1 Å². The van der Waals surface area contributed by atoms with E-state index in [1.54, 1.807) is 13.2 Å². The lowest BCUT2D eigenvalue weighted by molar-refractivity contribution is -0.0655. The van der Waals surface area contributed by atoms with E-state index in [2.05, 4.69) is 5.32 Å². The number of nitrogens with one attached hydrogen (secondary N) is 1. The molecular formula is C27H31NO5. The minimum Gasteiger partial charge on any atom is -0.493 e. The minimum absolute atomic E-state index is 0.0954. The molecule has 0 aromatic heterocycles. The molecule has 2 N–H and O–H groups in total. The number of ketones is 1. The van der Waals surface area contributed by atoms with Crippen LogP contribution in [0, 0.1) is 0 Å². The van der Waals surface area contributed by atoms with Crippen molar-refractivity contribution in [2.45, 2.75) is 32.3 Å². The Balaban J connectivity index is 1.74. The molecule has 33 heavy (non-hydrogen) atoms. The molecule has 0 saturated carbocycles. The van der Waals surface area contributed by atoms with Crippen LogP contribution in [0.5, 0.6) is 11.5 Å². The van der Waals surface area contributed by atoms with Crippen LogP contribution >= 0.6 is 0 Å². The van der Waals surface area contributed by atoms with Crippen molar-refractivity contribution in [3.8, 4) is 11.5 Å². The van der Waals surface area contributed by atoms with E-state index in [0.717, 1.165) is 16.7 Å². The summed E-state index contributed by atoms with van der Waals surface area (Å²) in [5, 5.41) is 14.3. The molecule has 174 valence electrons. The van der Waals surface area contributed by atoms with Crippen molar-refractivity contribution in [2.75, 3.05) is 20.8 Å². The van der Waals surface area contributed by atoms with E-state index >= 15 is 0 Å². The fourth-order valence-electron chi connectivity index (χ4n) is 3.76. The normalized spacial score (nSPS) is 12.7. The number of Topliss-reactive ketones (excluding diaryl/α,β-unsaturated/α-hetero) is 1. The maximum Gasteiger partial charge on any atom is 0.171 e. The number of rotatable bonds is 12. The highest BCUT2D eigenvalue weighted by molar-refractivity contribution is 5.99. The summed E-state index contributed by atoms with van der Waals surface area (Å²) >= 11 is 0. The quantitative estimate of drug-likeness (QED) is 0.317. The molecule has 0 saturated heterocycles. The first kappa shape index (κ1) is 24.5. The number of ether oxygens (including phenoxy) is 3. The molecule has 0 amide bonds. The van der Waals surface area contributed by atoms with Crippen molar-refractivity contribution in [1.82, 2.24) is 5.32 Å². The van der Waals surface area contributed by atoms with Gasteiger partial charge in [-0.2, -0.15) is 0 Å². The molecule has 0 radical (unpaired) electrons. The third-order valence-electron chi connectivity index (χ3n) is 5.42. The predicted octanol–water partition coefficient (Wildman–Crippen LogP) is 4.32. The molecule has 0 spiro atoms. The Morgan fingerprint density at radius 1 is 0.939 bits per heavy atom. The van der Waals surface area contributed by atoms with E-state index < -0.39 is 12.3 Å². The highest BCUT2D eigenvalue weighted by atomic mass is 16.5. The highest BCUT2D eigenvalue weighted by Crippen LogP contribution is 2.34. The summed E-state index contributed by atoms with van der Waals surface area (Å²) in [6, 6.07) is 22.9. The number of hydrogen-bond acceptors (Lipinski definition) is 6. The van der Waals surface area contributed by atoms with Gasteiger partial charge in [0.15, 0.2) is 17.3 Å². The molecule has 3 aromatic carbocycles. The average molecular weight is 450 g/mol. The van der Waals surface area contributed by atoms with Crippen LogP contribution in [-0.4, -0.2) is 37.9 Å². The molecule has 3 rings (SSSR count). The number of benzene rings is 3. The molecule has 0 aliphatic carbocycles. The predicted molar refractivity (Wildman–Crippen MR) is 128 cm³/mol. The van der Waals surface area contributed by atoms with Gasteiger partial charge in [0.25, 0.3) is 0 Å². The van der Waals surface area contributed by atoms with E-state index in [1.165, 1.54) is 14.0 Å². The van der Waals surface area contributed by atoms with Crippen LogP contribution < -0.4 is 14.8 Å². The zero-order chi connectivity index (χ0) is 23.6. The summed E-state index contributed by atoms with van der Waals surface area (Å²) < 4.78 is 16.9. The molecule has 3 aromatic rings. The number of methoxy groups -OCH3 is 2. The number of carbonyl (C=O) groups excluding carboxylic acids is 1. The smallest absolute Gasteiger partial charge is 0.171 e. The molecule has 6 nitrogen and oxygen atoms in total. The third-order valence-corrected chi connectivity index (χ3v) is 5.42. The Hall–Kier alpha value is -3.19. The summed E-state index contributed by atoms with van der Waals surface area (Å²) in [5.41, 5.74) is 3.12. The second-order valence-corrected chi connectivity index (χ2v) is 7.67. The fraction of sp³-hybridized carbons (Fsp3) is 0.296. The van der Waals surface area contributed by atoms with Crippen LogP contribution in [0.15, 0.2) is 72.8 Å².